The summed E-state index contributed by atoms with van der Waals surface area (Å²) < 4.78 is 44.0. The highest BCUT2D eigenvalue weighted by Crippen LogP contribution is 2.33. The molecule has 2 aromatic carbocycles. The van der Waals surface area contributed by atoms with Gasteiger partial charge in [0.1, 0.15) is 5.75 Å². The van der Waals surface area contributed by atoms with Gasteiger partial charge in [0.2, 0.25) is 0 Å². The molecule has 0 unspecified atom stereocenters. The lowest BCUT2D eigenvalue weighted by Crippen LogP contribution is -1.93. The molecule has 2 aromatic rings. The van der Waals surface area contributed by atoms with E-state index in [2.05, 4.69) is 6.07 Å². The second-order valence-corrected chi connectivity index (χ2v) is 4.18. The highest BCUT2D eigenvalue weighted by Gasteiger charge is 2.14. The zero-order valence-corrected chi connectivity index (χ0v) is 10.6. The topological polar surface area (TPSA) is 33.0 Å². The fourth-order valence-corrected chi connectivity index (χ4v) is 1.70. The lowest BCUT2D eigenvalue weighted by Gasteiger charge is -2.10. The van der Waals surface area contributed by atoms with Crippen molar-refractivity contribution >= 4 is 11.6 Å². The van der Waals surface area contributed by atoms with E-state index in [4.69, 9.17) is 21.6 Å². The molecule has 2 nitrogen and oxygen atoms in total. The van der Waals surface area contributed by atoms with E-state index in [-0.39, 0.29) is 22.1 Å². The van der Waals surface area contributed by atoms with Crippen LogP contribution in [-0.2, 0) is 0 Å². The average molecular weight is 297 g/mol. The smallest absolute Gasteiger partial charge is 0.264 e. The fraction of sp³-hybridized carbons (Fsp3) is 0.0714. The lowest BCUT2D eigenvalue weighted by atomic mass is 10.1. The summed E-state index contributed by atoms with van der Waals surface area (Å²) in [5.41, 5.74) is -0.412. The van der Waals surface area contributed by atoms with Crippen molar-refractivity contribution in [1.82, 2.24) is 0 Å². The average Bonchev–Trinajstić information content (AvgIpc) is 2.42. The molecule has 2 rings (SSSR count). The second kappa shape index (κ2) is 5.85. The van der Waals surface area contributed by atoms with Crippen LogP contribution >= 0.6 is 11.6 Å². The molecule has 101 valence electrons. The Kier molecular flexibility index (Phi) is 4.16. The molecule has 0 N–H and O–H groups in total. The number of hydrogen-bond acceptors (Lipinski definition) is 2. The molecule has 0 atom stereocenters. The van der Waals surface area contributed by atoms with E-state index in [0.717, 1.165) is 12.1 Å². The maximum Gasteiger partial charge on any atom is 0.264 e. The number of halogens is 4. The molecular weight excluding hydrogens is 291 g/mol. The summed E-state index contributed by atoms with van der Waals surface area (Å²) in [5, 5.41) is 8.76. The molecule has 0 saturated heterocycles. The van der Waals surface area contributed by atoms with Gasteiger partial charge < -0.3 is 4.74 Å². The minimum Gasteiger partial charge on any atom is -0.453 e. The minimum absolute atomic E-state index is 0.0192. The fourth-order valence-electron chi connectivity index (χ4n) is 1.52. The van der Waals surface area contributed by atoms with Crippen LogP contribution in [0.5, 0.6) is 11.5 Å². The molecule has 20 heavy (non-hydrogen) atoms. The molecule has 0 bridgehead atoms. The Morgan fingerprint density at radius 1 is 1.30 bits per heavy atom. The second-order valence-electron chi connectivity index (χ2n) is 3.77. The molecule has 1 radical (unpaired) electrons. The Bertz CT molecular complexity index is 662. The van der Waals surface area contributed by atoms with Crippen LogP contribution in [0, 0.1) is 23.2 Å². The van der Waals surface area contributed by atoms with Gasteiger partial charge >= 0.3 is 0 Å². The highest BCUT2D eigenvalue weighted by molar-refractivity contribution is 6.32. The maximum absolute atomic E-state index is 13.5. The van der Waals surface area contributed by atoms with E-state index in [1.54, 1.807) is 6.07 Å². The van der Waals surface area contributed by atoms with Crippen molar-refractivity contribution in [2.75, 3.05) is 0 Å². The number of rotatable bonds is 3. The summed E-state index contributed by atoms with van der Waals surface area (Å²) in [4.78, 5) is 0. The summed E-state index contributed by atoms with van der Waals surface area (Å²) in [6.45, 7) is 0. The van der Waals surface area contributed by atoms with Gasteiger partial charge in [-0.2, -0.15) is 5.26 Å². The Balaban J connectivity index is 2.44. The van der Waals surface area contributed by atoms with E-state index in [9.17, 15) is 13.2 Å². The van der Waals surface area contributed by atoms with Crippen molar-refractivity contribution in [3.8, 4) is 17.6 Å². The first kappa shape index (κ1) is 14.2. The summed E-state index contributed by atoms with van der Waals surface area (Å²) in [7, 11) is 0. The van der Waals surface area contributed by atoms with Gasteiger partial charge in [0.05, 0.1) is 16.7 Å². The van der Waals surface area contributed by atoms with Gasteiger partial charge in [-0.05, 0) is 30.3 Å². The first-order valence-electron chi connectivity index (χ1n) is 5.38. The quantitative estimate of drug-likeness (QED) is 0.808. The van der Waals surface area contributed by atoms with Crippen LogP contribution in [0.3, 0.4) is 0 Å². The normalized spacial score (nSPS) is 10.4. The van der Waals surface area contributed by atoms with E-state index < -0.39 is 17.8 Å². The summed E-state index contributed by atoms with van der Waals surface area (Å²) in [6.07, 6.45) is -2.77. The molecule has 0 saturated carbocycles. The number of ether oxygens (including phenoxy) is 1. The molecule has 0 aliphatic carbocycles. The Morgan fingerprint density at radius 3 is 2.65 bits per heavy atom. The number of benzene rings is 2. The number of nitriles is 1. The van der Waals surface area contributed by atoms with Gasteiger partial charge in [0, 0.05) is 11.6 Å². The van der Waals surface area contributed by atoms with Gasteiger partial charge in [-0.25, -0.2) is 13.2 Å². The van der Waals surface area contributed by atoms with Gasteiger partial charge in [-0.15, -0.1) is 0 Å². The van der Waals surface area contributed by atoms with Gasteiger partial charge in [0.25, 0.3) is 6.43 Å². The summed E-state index contributed by atoms with van der Waals surface area (Å²) >= 11 is 5.76. The van der Waals surface area contributed by atoms with Crippen LogP contribution < -0.4 is 4.74 Å². The lowest BCUT2D eigenvalue weighted by molar-refractivity contribution is 0.151. The first-order valence-corrected chi connectivity index (χ1v) is 5.76. The van der Waals surface area contributed by atoms with E-state index in [0.29, 0.717) is 0 Å². The predicted molar refractivity (Wildman–Crippen MR) is 66.4 cm³/mol. The molecule has 0 aliphatic heterocycles. The monoisotopic (exact) mass is 296 g/mol. The molecule has 0 amide bonds. The Labute approximate surface area is 118 Å². The van der Waals surface area contributed by atoms with Crippen LogP contribution in [-0.4, -0.2) is 0 Å². The van der Waals surface area contributed by atoms with Gasteiger partial charge in [0.15, 0.2) is 11.6 Å². The number of hydrogen-bond donors (Lipinski definition) is 0. The van der Waals surface area contributed by atoms with Gasteiger partial charge in [-0.1, -0.05) is 11.6 Å². The van der Waals surface area contributed by atoms with E-state index >= 15 is 0 Å². The molecule has 0 fully saturated rings. The van der Waals surface area contributed by atoms with Crippen molar-refractivity contribution < 1.29 is 17.9 Å². The van der Waals surface area contributed by atoms with Gasteiger partial charge in [-0.3, -0.25) is 0 Å². The van der Waals surface area contributed by atoms with Crippen molar-refractivity contribution in [3.05, 3.63) is 58.4 Å². The highest BCUT2D eigenvalue weighted by atomic mass is 35.5. The molecule has 0 aromatic heterocycles. The van der Waals surface area contributed by atoms with Crippen molar-refractivity contribution in [3.63, 3.8) is 0 Å². The third kappa shape index (κ3) is 3.03. The largest absolute Gasteiger partial charge is 0.453 e. The van der Waals surface area contributed by atoms with Crippen LogP contribution in [0.15, 0.2) is 30.3 Å². The molecule has 0 spiro atoms. The molecule has 0 heterocycles. The third-order valence-corrected chi connectivity index (χ3v) is 2.68. The molecule has 0 aliphatic rings. The Hall–Kier alpha value is -2.19. The van der Waals surface area contributed by atoms with Crippen LogP contribution in [0.25, 0.3) is 0 Å². The molecule has 6 heteroatoms. The maximum atomic E-state index is 13.5. The SMILES string of the molecule is N#Cc1cc(Oc2c(F)[c]ccc2Cl)cc(C(F)F)c1. The van der Waals surface area contributed by atoms with E-state index in [1.165, 1.54) is 18.2 Å². The predicted octanol–water partition coefficient (Wildman–Crippen LogP) is 4.88. The minimum atomic E-state index is -2.77. The Morgan fingerprint density at radius 2 is 2.05 bits per heavy atom. The van der Waals surface area contributed by atoms with Crippen molar-refractivity contribution in [1.29, 1.82) is 5.26 Å². The van der Waals surface area contributed by atoms with Crippen molar-refractivity contribution in [2.45, 2.75) is 6.43 Å². The van der Waals surface area contributed by atoms with Crippen molar-refractivity contribution in [2.24, 2.45) is 0 Å². The number of nitrogens with zero attached hydrogens (tertiary/aromatic N) is 1. The third-order valence-electron chi connectivity index (χ3n) is 2.39. The standard InChI is InChI=1S/C14H6ClF3NO/c15-11-2-1-3-12(16)13(11)20-10-5-8(7-19)4-9(6-10)14(17)18/h1-2,4-6,14H. The first-order chi connectivity index (χ1) is 9.51. The van der Waals surface area contributed by atoms with Crippen LogP contribution in [0.4, 0.5) is 13.2 Å². The zero-order valence-electron chi connectivity index (χ0n) is 9.83. The summed E-state index contributed by atoms with van der Waals surface area (Å²) in [5.74, 6) is -1.28. The van der Waals surface area contributed by atoms with E-state index in [1.807, 2.05) is 0 Å². The zero-order chi connectivity index (χ0) is 14.7. The number of alkyl halides is 2. The summed E-state index contributed by atoms with van der Waals surface area (Å²) in [6, 6.07) is 9.85. The van der Waals surface area contributed by atoms with Crippen LogP contribution in [0.1, 0.15) is 17.6 Å². The molecular formula is C14H6ClF3NO. The van der Waals surface area contributed by atoms with Crippen LogP contribution in [0.2, 0.25) is 5.02 Å².